The first-order chi connectivity index (χ1) is 9.00. The van der Waals surface area contributed by atoms with Gasteiger partial charge in [0.1, 0.15) is 5.82 Å². The van der Waals surface area contributed by atoms with Crippen molar-refractivity contribution in [2.45, 2.75) is 19.8 Å². The van der Waals surface area contributed by atoms with E-state index in [0.29, 0.717) is 16.6 Å². The number of rotatable bonds is 3. The molecule has 1 amide bonds. The molecule has 2 rings (SSSR count). The Hall–Kier alpha value is -0.650. The molecule has 0 radical (unpaired) electrons. The monoisotopic (exact) mass is 364 g/mol. The van der Waals surface area contributed by atoms with Crippen LogP contribution < -0.4 is 10.6 Å². The van der Waals surface area contributed by atoms with Gasteiger partial charge in [0, 0.05) is 12.1 Å². The Labute approximate surface area is 133 Å². The lowest BCUT2D eigenvalue weighted by Gasteiger charge is -2.34. The first kappa shape index (κ1) is 17.4. The van der Waals surface area contributed by atoms with Gasteiger partial charge in [-0.15, -0.1) is 12.4 Å². The van der Waals surface area contributed by atoms with Crippen LogP contribution in [0.15, 0.2) is 22.7 Å². The van der Waals surface area contributed by atoms with E-state index < -0.39 is 5.82 Å². The molecule has 1 aromatic carbocycles. The maximum atomic E-state index is 13.4. The van der Waals surface area contributed by atoms with E-state index in [1.165, 1.54) is 6.07 Å². The fraction of sp³-hybridized carbons (Fsp3) is 0.500. The van der Waals surface area contributed by atoms with Crippen LogP contribution in [-0.2, 0) is 0 Å². The highest BCUT2D eigenvalue weighted by molar-refractivity contribution is 9.10. The summed E-state index contributed by atoms with van der Waals surface area (Å²) in [6.45, 7) is 4.78. The van der Waals surface area contributed by atoms with Crippen LogP contribution in [0.2, 0.25) is 0 Å². The number of halogens is 3. The largest absolute Gasteiger partial charge is 0.351 e. The van der Waals surface area contributed by atoms with Gasteiger partial charge in [0.15, 0.2) is 0 Å². The number of hydrogen-bond acceptors (Lipinski definition) is 2. The van der Waals surface area contributed by atoms with Gasteiger partial charge in [0.25, 0.3) is 5.91 Å². The van der Waals surface area contributed by atoms with E-state index in [1.54, 1.807) is 12.1 Å². The van der Waals surface area contributed by atoms with Crippen LogP contribution in [0.4, 0.5) is 4.39 Å². The van der Waals surface area contributed by atoms with Crippen LogP contribution in [0.3, 0.4) is 0 Å². The summed E-state index contributed by atoms with van der Waals surface area (Å²) in [5.41, 5.74) is 0.493. The molecule has 0 aliphatic carbocycles. The molecule has 3 nitrogen and oxygen atoms in total. The predicted molar refractivity (Wildman–Crippen MR) is 83.9 cm³/mol. The first-order valence-corrected chi connectivity index (χ1v) is 7.23. The molecule has 112 valence electrons. The predicted octanol–water partition coefficient (Wildman–Crippen LogP) is 3.13. The van der Waals surface area contributed by atoms with Gasteiger partial charge in [-0.2, -0.15) is 0 Å². The minimum atomic E-state index is -0.416. The summed E-state index contributed by atoms with van der Waals surface area (Å²) < 4.78 is 13.7. The molecule has 6 heteroatoms. The molecule has 0 saturated carbocycles. The second-order valence-corrected chi connectivity index (χ2v) is 6.23. The third-order valence-electron chi connectivity index (χ3n) is 3.67. The molecule has 1 aliphatic rings. The van der Waals surface area contributed by atoms with Gasteiger partial charge >= 0.3 is 0 Å². The Balaban J connectivity index is 0.00000200. The SMILES string of the molecule is CC1(CNC(=O)c2ccc(Br)c(F)c2)CCNCC1.Cl. The maximum absolute atomic E-state index is 13.4. The quantitative estimate of drug-likeness (QED) is 0.864. The first-order valence-electron chi connectivity index (χ1n) is 6.44. The van der Waals surface area contributed by atoms with E-state index in [2.05, 4.69) is 33.5 Å². The van der Waals surface area contributed by atoms with Crippen molar-refractivity contribution in [3.63, 3.8) is 0 Å². The summed E-state index contributed by atoms with van der Waals surface area (Å²) in [6, 6.07) is 4.42. The Morgan fingerprint density at radius 3 is 2.70 bits per heavy atom. The third kappa shape index (κ3) is 4.43. The number of benzene rings is 1. The second-order valence-electron chi connectivity index (χ2n) is 5.37. The molecule has 1 fully saturated rings. The van der Waals surface area contributed by atoms with Crippen LogP contribution in [0.1, 0.15) is 30.1 Å². The average molecular weight is 366 g/mol. The number of hydrogen-bond donors (Lipinski definition) is 2. The Morgan fingerprint density at radius 2 is 2.10 bits per heavy atom. The van der Waals surface area contributed by atoms with Crippen molar-refractivity contribution in [2.75, 3.05) is 19.6 Å². The molecular formula is C14H19BrClFN2O. The van der Waals surface area contributed by atoms with Crippen LogP contribution in [-0.4, -0.2) is 25.5 Å². The highest BCUT2D eigenvalue weighted by atomic mass is 79.9. The highest BCUT2D eigenvalue weighted by Crippen LogP contribution is 2.26. The van der Waals surface area contributed by atoms with Gasteiger partial charge in [0.2, 0.25) is 0 Å². The van der Waals surface area contributed by atoms with Gasteiger partial charge in [0.05, 0.1) is 4.47 Å². The minimum Gasteiger partial charge on any atom is -0.351 e. The molecule has 0 aromatic heterocycles. The zero-order valence-electron chi connectivity index (χ0n) is 11.3. The molecule has 2 N–H and O–H groups in total. The molecule has 1 aromatic rings. The van der Waals surface area contributed by atoms with Crippen molar-refractivity contribution in [3.05, 3.63) is 34.1 Å². The summed E-state index contributed by atoms with van der Waals surface area (Å²) >= 11 is 3.07. The molecule has 1 heterocycles. The lowest BCUT2D eigenvalue weighted by Crippen LogP contribution is -2.42. The zero-order valence-corrected chi connectivity index (χ0v) is 13.7. The number of carbonyl (C=O) groups is 1. The van der Waals surface area contributed by atoms with Crippen LogP contribution in [0, 0.1) is 11.2 Å². The molecule has 20 heavy (non-hydrogen) atoms. The Morgan fingerprint density at radius 1 is 1.45 bits per heavy atom. The fourth-order valence-corrected chi connectivity index (χ4v) is 2.49. The summed E-state index contributed by atoms with van der Waals surface area (Å²) in [7, 11) is 0. The second kappa shape index (κ2) is 7.38. The van der Waals surface area contributed by atoms with Crippen molar-refractivity contribution in [1.29, 1.82) is 0 Å². The van der Waals surface area contributed by atoms with E-state index in [0.717, 1.165) is 25.9 Å². The summed E-state index contributed by atoms with van der Waals surface area (Å²) in [5, 5.41) is 6.21. The molecule has 0 unspecified atom stereocenters. The van der Waals surface area contributed by atoms with E-state index >= 15 is 0 Å². The van der Waals surface area contributed by atoms with Crippen LogP contribution >= 0.6 is 28.3 Å². The van der Waals surface area contributed by atoms with Gasteiger partial charge < -0.3 is 10.6 Å². The number of piperidine rings is 1. The lowest BCUT2D eigenvalue weighted by molar-refractivity contribution is 0.0922. The average Bonchev–Trinajstić information content (AvgIpc) is 2.40. The zero-order chi connectivity index (χ0) is 13.9. The van der Waals surface area contributed by atoms with E-state index in [1.807, 2.05) is 0 Å². The smallest absolute Gasteiger partial charge is 0.251 e. The van der Waals surface area contributed by atoms with Crippen LogP contribution in [0.25, 0.3) is 0 Å². The minimum absolute atomic E-state index is 0. The standard InChI is InChI=1S/C14H18BrFN2O.ClH/c1-14(4-6-17-7-5-14)9-18-13(19)10-2-3-11(15)12(16)8-10;/h2-3,8,17H,4-7,9H2,1H3,(H,18,19);1H. The molecule has 1 saturated heterocycles. The topological polar surface area (TPSA) is 41.1 Å². The van der Waals surface area contributed by atoms with Crippen molar-refractivity contribution in [2.24, 2.45) is 5.41 Å². The van der Waals surface area contributed by atoms with Gasteiger partial charge in [-0.3, -0.25) is 4.79 Å². The highest BCUT2D eigenvalue weighted by Gasteiger charge is 2.27. The van der Waals surface area contributed by atoms with Crippen molar-refractivity contribution >= 4 is 34.2 Å². The fourth-order valence-electron chi connectivity index (χ4n) is 2.24. The van der Waals surface area contributed by atoms with Gasteiger partial charge in [-0.1, -0.05) is 6.92 Å². The number of nitrogens with one attached hydrogen (secondary N) is 2. The van der Waals surface area contributed by atoms with E-state index in [4.69, 9.17) is 0 Å². The third-order valence-corrected chi connectivity index (χ3v) is 4.31. The number of amides is 1. The molecular weight excluding hydrogens is 347 g/mol. The Kier molecular flexibility index (Phi) is 6.43. The number of carbonyl (C=O) groups excluding carboxylic acids is 1. The van der Waals surface area contributed by atoms with Gasteiger partial charge in [-0.05, 0) is 65.5 Å². The van der Waals surface area contributed by atoms with Crippen LogP contribution in [0.5, 0.6) is 0 Å². The maximum Gasteiger partial charge on any atom is 0.251 e. The van der Waals surface area contributed by atoms with E-state index in [-0.39, 0.29) is 23.7 Å². The van der Waals surface area contributed by atoms with Crippen molar-refractivity contribution in [3.8, 4) is 0 Å². The summed E-state index contributed by atoms with van der Waals surface area (Å²) in [6.07, 6.45) is 2.09. The van der Waals surface area contributed by atoms with Crippen molar-refractivity contribution < 1.29 is 9.18 Å². The van der Waals surface area contributed by atoms with E-state index in [9.17, 15) is 9.18 Å². The lowest BCUT2D eigenvalue weighted by atomic mass is 9.81. The molecule has 0 atom stereocenters. The summed E-state index contributed by atoms with van der Waals surface area (Å²) in [5.74, 6) is -0.633. The normalized spacial score (nSPS) is 17.1. The summed E-state index contributed by atoms with van der Waals surface area (Å²) in [4.78, 5) is 12.0. The molecule has 0 spiro atoms. The Bertz CT molecular complexity index is 478. The molecule has 0 bridgehead atoms. The molecule has 1 aliphatic heterocycles. The van der Waals surface area contributed by atoms with Crippen molar-refractivity contribution in [1.82, 2.24) is 10.6 Å². The van der Waals surface area contributed by atoms with Gasteiger partial charge in [-0.25, -0.2) is 4.39 Å².